The molecule has 0 saturated heterocycles. The first-order valence-electron chi connectivity index (χ1n) is 11.7. The topological polar surface area (TPSA) is 105 Å². The van der Waals surface area contributed by atoms with Crippen LogP contribution in [0.25, 0.3) is 6.08 Å². The molecule has 3 rings (SSSR count). The molecule has 33 heavy (non-hydrogen) atoms. The number of ether oxygens (including phenoxy) is 2. The lowest BCUT2D eigenvalue weighted by Crippen LogP contribution is -2.25. The second-order valence-corrected chi connectivity index (χ2v) is 8.71. The van der Waals surface area contributed by atoms with Crippen molar-refractivity contribution in [2.45, 2.75) is 51.9 Å². The van der Waals surface area contributed by atoms with E-state index in [0.29, 0.717) is 23.5 Å². The largest absolute Gasteiger partial charge is 0.462 e. The third-order valence-corrected chi connectivity index (χ3v) is 6.17. The van der Waals surface area contributed by atoms with E-state index in [0.717, 1.165) is 42.7 Å². The van der Waals surface area contributed by atoms with E-state index < -0.39 is 5.97 Å². The molecule has 1 saturated carbocycles. The highest BCUT2D eigenvalue weighted by atomic mass is 16.5. The van der Waals surface area contributed by atoms with Gasteiger partial charge < -0.3 is 20.9 Å². The van der Waals surface area contributed by atoms with Crippen molar-refractivity contribution >= 4 is 29.4 Å². The van der Waals surface area contributed by atoms with Crippen molar-refractivity contribution in [2.75, 3.05) is 18.1 Å². The van der Waals surface area contributed by atoms with Gasteiger partial charge in [-0.2, -0.15) is 0 Å². The number of rotatable bonds is 9. The summed E-state index contributed by atoms with van der Waals surface area (Å²) in [5.41, 5.74) is 14.5. The number of hydrogen-bond acceptors (Lipinski definition) is 6. The summed E-state index contributed by atoms with van der Waals surface area (Å²) >= 11 is 0. The monoisotopic (exact) mass is 450 g/mol. The molecule has 6 heteroatoms. The van der Waals surface area contributed by atoms with Gasteiger partial charge in [0.15, 0.2) is 0 Å². The van der Waals surface area contributed by atoms with E-state index >= 15 is 0 Å². The minimum Gasteiger partial charge on any atom is -0.462 e. The highest BCUT2D eigenvalue weighted by molar-refractivity contribution is 5.87. The lowest BCUT2D eigenvalue weighted by molar-refractivity contribution is -0.140. The SMILES string of the molecule is CCCC1CCC(C(=O)Oc2ccc(/C=C/C(=O)OCCc3ccc(N)cc3N)cc2)CC1. The molecule has 2 aromatic rings. The smallest absolute Gasteiger partial charge is 0.330 e. The van der Waals surface area contributed by atoms with Gasteiger partial charge in [-0.15, -0.1) is 0 Å². The zero-order valence-corrected chi connectivity index (χ0v) is 19.3. The second kappa shape index (κ2) is 12.1. The van der Waals surface area contributed by atoms with Crippen molar-refractivity contribution in [2.24, 2.45) is 11.8 Å². The number of carbonyl (C=O) groups excluding carboxylic acids is 2. The number of carbonyl (C=O) groups is 2. The Morgan fingerprint density at radius 2 is 1.76 bits per heavy atom. The maximum absolute atomic E-state index is 12.5. The fourth-order valence-electron chi connectivity index (χ4n) is 4.26. The summed E-state index contributed by atoms with van der Waals surface area (Å²) in [6, 6.07) is 12.4. The van der Waals surface area contributed by atoms with E-state index in [9.17, 15) is 9.59 Å². The van der Waals surface area contributed by atoms with Crippen LogP contribution in [0, 0.1) is 11.8 Å². The fourth-order valence-corrected chi connectivity index (χ4v) is 4.26. The quantitative estimate of drug-likeness (QED) is 0.237. The van der Waals surface area contributed by atoms with Gasteiger partial charge in [0.2, 0.25) is 0 Å². The average Bonchev–Trinajstić information content (AvgIpc) is 2.81. The van der Waals surface area contributed by atoms with E-state index in [1.165, 1.54) is 18.9 Å². The van der Waals surface area contributed by atoms with Gasteiger partial charge in [0.1, 0.15) is 5.75 Å². The molecule has 0 amide bonds. The Kier molecular flexibility index (Phi) is 8.93. The molecule has 0 aromatic heterocycles. The van der Waals surface area contributed by atoms with Gasteiger partial charge >= 0.3 is 11.9 Å². The summed E-state index contributed by atoms with van der Waals surface area (Å²) in [7, 11) is 0. The first kappa shape index (κ1) is 24.4. The van der Waals surface area contributed by atoms with E-state index in [1.54, 1.807) is 42.5 Å². The van der Waals surface area contributed by atoms with Gasteiger partial charge in [-0.25, -0.2) is 4.79 Å². The molecule has 0 heterocycles. The number of esters is 2. The molecule has 0 atom stereocenters. The van der Waals surface area contributed by atoms with Gasteiger partial charge in [0.25, 0.3) is 0 Å². The number of nitrogens with two attached hydrogens (primary N) is 2. The molecule has 4 N–H and O–H groups in total. The normalized spacial score (nSPS) is 18.2. The molecule has 0 spiro atoms. The van der Waals surface area contributed by atoms with Crippen molar-refractivity contribution in [3.63, 3.8) is 0 Å². The Hall–Kier alpha value is -3.28. The highest BCUT2D eigenvalue weighted by Crippen LogP contribution is 2.32. The highest BCUT2D eigenvalue weighted by Gasteiger charge is 2.27. The van der Waals surface area contributed by atoms with Crippen molar-refractivity contribution in [1.82, 2.24) is 0 Å². The average molecular weight is 451 g/mol. The first-order valence-corrected chi connectivity index (χ1v) is 11.7. The van der Waals surface area contributed by atoms with Gasteiger partial charge in [0, 0.05) is 23.9 Å². The Labute approximate surface area is 195 Å². The van der Waals surface area contributed by atoms with Crippen LogP contribution in [0.3, 0.4) is 0 Å². The lowest BCUT2D eigenvalue weighted by Gasteiger charge is -2.26. The summed E-state index contributed by atoms with van der Waals surface area (Å²) in [6.07, 6.45) is 10.1. The van der Waals surface area contributed by atoms with Gasteiger partial charge in [-0.3, -0.25) is 4.79 Å². The number of benzene rings is 2. The number of hydrogen-bond donors (Lipinski definition) is 2. The lowest BCUT2D eigenvalue weighted by atomic mass is 9.80. The van der Waals surface area contributed by atoms with Gasteiger partial charge in [-0.1, -0.05) is 38.0 Å². The molecule has 2 aromatic carbocycles. The minimum absolute atomic E-state index is 0.00367. The van der Waals surface area contributed by atoms with Crippen molar-refractivity contribution < 1.29 is 19.1 Å². The fraction of sp³-hybridized carbons (Fsp3) is 0.407. The molecule has 0 bridgehead atoms. The third-order valence-electron chi connectivity index (χ3n) is 6.17. The predicted octanol–water partition coefficient (Wildman–Crippen LogP) is 5.16. The molecule has 1 fully saturated rings. The van der Waals surface area contributed by atoms with Crippen LogP contribution in [0.1, 0.15) is 56.6 Å². The van der Waals surface area contributed by atoms with Crippen LogP contribution >= 0.6 is 0 Å². The van der Waals surface area contributed by atoms with Crippen LogP contribution in [0.4, 0.5) is 11.4 Å². The Bertz CT molecular complexity index is 961. The van der Waals surface area contributed by atoms with Gasteiger partial charge in [0.05, 0.1) is 12.5 Å². The summed E-state index contributed by atoms with van der Waals surface area (Å²) < 4.78 is 10.8. The molecular formula is C27H34N2O4. The molecule has 176 valence electrons. The van der Waals surface area contributed by atoms with E-state index in [4.69, 9.17) is 20.9 Å². The van der Waals surface area contributed by atoms with Crippen LogP contribution in [-0.4, -0.2) is 18.5 Å². The Morgan fingerprint density at radius 3 is 2.42 bits per heavy atom. The van der Waals surface area contributed by atoms with E-state index in [1.807, 2.05) is 6.07 Å². The van der Waals surface area contributed by atoms with Crippen LogP contribution in [0.5, 0.6) is 5.75 Å². The Morgan fingerprint density at radius 1 is 1.03 bits per heavy atom. The standard InChI is InChI=1S/C27H34N2O4/c1-2-3-19-4-9-22(10-5-19)27(31)33-24-13-6-20(7-14-24)8-15-26(30)32-17-16-21-11-12-23(28)18-25(21)29/h6-8,11-15,18-19,22H,2-5,9-10,16-17,28-29H2,1H3/b15-8+. The van der Waals surface area contributed by atoms with Crippen LogP contribution < -0.4 is 16.2 Å². The molecule has 0 radical (unpaired) electrons. The Balaban J connectivity index is 1.41. The van der Waals surface area contributed by atoms with Crippen LogP contribution in [-0.2, 0) is 20.7 Å². The molecule has 1 aliphatic carbocycles. The predicted molar refractivity (Wildman–Crippen MR) is 131 cm³/mol. The third kappa shape index (κ3) is 7.67. The van der Waals surface area contributed by atoms with Gasteiger partial charge in [-0.05, 0) is 73.1 Å². The van der Waals surface area contributed by atoms with Crippen LogP contribution in [0.15, 0.2) is 48.5 Å². The zero-order valence-electron chi connectivity index (χ0n) is 19.3. The minimum atomic E-state index is -0.432. The summed E-state index contributed by atoms with van der Waals surface area (Å²) in [6.45, 7) is 2.44. The molecule has 0 unspecified atom stereocenters. The van der Waals surface area contributed by atoms with Crippen molar-refractivity contribution in [3.8, 4) is 5.75 Å². The van der Waals surface area contributed by atoms with E-state index in [2.05, 4.69) is 6.92 Å². The molecule has 6 nitrogen and oxygen atoms in total. The zero-order chi connectivity index (χ0) is 23.6. The maximum Gasteiger partial charge on any atom is 0.330 e. The molecule has 0 aliphatic heterocycles. The van der Waals surface area contributed by atoms with E-state index in [-0.39, 0.29) is 18.5 Å². The summed E-state index contributed by atoms with van der Waals surface area (Å²) in [4.78, 5) is 24.4. The van der Waals surface area contributed by atoms with Crippen molar-refractivity contribution in [3.05, 3.63) is 59.7 Å². The van der Waals surface area contributed by atoms with Crippen LogP contribution in [0.2, 0.25) is 0 Å². The second-order valence-electron chi connectivity index (χ2n) is 8.71. The first-order chi connectivity index (χ1) is 15.9. The summed E-state index contributed by atoms with van der Waals surface area (Å²) in [5, 5.41) is 0. The number of nitrogen functional groups attached to an aromatic ring is 2. The molecule has 1 aliphatic rings. The number of anilines is 2. The molecular weight excluding hydrogens is 416 g/mol. The van der Waals surface area contributed by atoms with Crippen molar-refractivity contribution in [1.29, 1.82) is 0 Å². The maximum atomic E-state index is 12.5. The summed E-state index contributed by atoms with van der Waals surface area (Å²) in [5.74, 6) is 0.706.